The van der Waals surface area contributed by atoms with E-state index in [-0.39, 0.29) is 12.0 Å². The lowest BCUT2D eigenvalue weighted by atomic mass is 10.3. The van der Waals surface area contributed by atoms with Gasteiger partial charge in [-0.3, -0.25) is 9.78 Å². The molecule has 0 spiro atoms. The summed E-state index contributed by atoms with van der Waals surface area (Å²) in [4.78, 5) is 26.5. The number of carbonyl (C=O) groups is 1. The van der Waals surface area contributed by atoms with Crippen LogP contribution in [0.5, 0.6) is 11.8 Å². The van der Waals surface area contributed by atoms with Crippen molar-refractivity contribution in [1.82, 2.24) is 19.9 Å². The molecular weight excluding hydrogens is 304 g/mol. The van der Waals surface area contributed by atoms with Gasteiger partial charge in [0.05, 0.1) is 31.1 Å². The van der Waals surface area contributed by atoms with Crippen LogP contribution in [-0.2, 0) is 0 Å². The van der Waals surface area contributed by atoms with Gasteiger partial charge >= 0.3 is 0 Å². The highest BCUT2D eigenvalue weighted by atomic mass is 32.1. The van der Waals surface area contributed by atoms with E-state index in [4.69, 9.17) is 9.47 Å². The number of hydrogen-bond donors (Lipinski definition) is 0. The van der Waals surface area contributed by atoms with Crippen LogP contribution in [-0.4, -0.2) is 52.1 Å². The first-order valence-electron chi connectivity index (χ1n) is 6.90. The summed E-state index contributed by atoms with van der Waals surface area (Å²) < 4.78 is 10.8. The summed E-state index contributed by atoms with van der Waals surface area (Å²) in [5, 5.41) is 2.68. The van der Waals surface area contributed by atoms with E-state index < -0.39 is 0 Å². The first-order valence-corrected chi connectivity index (χ1v) is 7.78. The molecule has 2 aromatic rings. The van der Waals surface area contributed by atoms with Crippen LogP contribution in [0.25, 0.3) is 0 Å². The summed E-state index contributed by atoms with van der Waals surface area (Å²) in [6, 6.07) is 0. The maximum absolute atomic E-state index is 12.3. The maximum Gasteiger partial charge on any atom is 0.273 e. The highest BCUT2D eigenvalue weighted by Gasteiger charge is 2.29. The number of aryl methyl sites for hydroxylation is 1. The Bertz CT molecular complexity index is 676. The number of rotatable bonds is 4. The Kier molecular flexibility index (Phi) is 4.19. The van der Waals surface area contributed by atoms with Gasteiger partial charge in [0.25, 0.3) is 5.91 Å². The minimum Gasteiger partial charge on any atom is -0.480 e. The van der Waals surface area contributed by atoms with E-state index in [1.165, 1.54) is 30.8 Å². The van der Waals surface area contributed by atoms with Gasteiger partial charge in [-0.15, -0.1) is 11.3 Å². The first kappa shape index (κ1) is 14.7. The minimum atomic E-state index is -0.0925. The molecule has 0 aliphatic carbocycles. The van der Waals surface area contributed by atoms with Gasteiger partial charge in [-0.05, 0) is 6.92 Å². The number of thiazole rings is 1. The van der Waals surface area contributed by atoms with Gasteiger partial charge in [0.1, 0.15) is 11.8 Å². The molecule has 1 aliphatic heterocycles. The topological polar surface area (TPSA) is 77.4 Å². The van der Waals surface area contributed by atoms with Gasteiger partial charge < -0.3 is 14.4 Å². The molecule has 0 radical (unpaired) electrons. The Labute approximate surface area is 131 Å². The highest BCUT2D eigenvalue weighted by molar-refractivity contribution is 7.09. The molecule has 7 nitrogen and oxygen atoms in total. The molecule has 3 heterocycles. The Morgan fingerprint density at radius 1 is 1.36 bits per heavy atom. The van der Waals surface area contributed by atoms with Crippen molar-refractivity contribution in [2.45, 2.75) is 19.4 Å². The van der Waals surface area contributed by atoms with E-state index in [2.05, 4.69) is 15.0 Å². The molecule has 0 aromatic carbocycles. The molecule has 2 aromatic heterocycles. The number of carbonyl (C=O) groups excluding carboxylic acids is 1. The molecule has 8 heteroatoms. The van der Waals surface area contributed by atoms with Gasteiger partial charge in [-0.1, -0.05) is 0 Å². The summed E-state index contributed by atoms with van der Waals surface area (Å²) in [5.74, 6) is 0.761. The normalized spacial score (nSPS) is 17.5. The maximum atomic E-state index is 12.3. The fourth-order valence-corrected chi connectivity index (χ4v) is 2.88. The predicted octanol–water partition coefficient (Wildman–Crippen LogP) is 1.54. The third kappa shape index (κ3) is 3.16. The summed E-state index contributed by atoms with van der Waals surface area (Å²) in [6.45, 7) is 3.06. The van der Waals surface area contributed by atoms with Crippen molar-refractivity contribution in [2.75, 3.05) is 20.2 Å². The Hall–Kier alpha value is -2.22. The molecule has 1 aliphatic rings. The number of likely N-dealkylation sites (tertiary alicyclic amines) is 1. The second kappa shape index (κ2) is 6.27. The van der Waals surface area contributed by atoms with Crippen molar-refractivity contribution in [3.05, 3.63) is 28.5 Å². The van der Waals surface area contributed by atoms with Crippen LogP contribution in [0, 0.1) is 6.92 Å². The zero-order valence-corrected chi connectivity index (χ0v) is 13.2. The van der Waals surface area contributed by atoms with Gasteiger partial charge in [0.15, 0.2) is 0 Å². The van der Waals surface area contributed by atoms with Crippen molar-refractivity contribution in [3.63, 3.8) is 0 Å². The lowest BCUT2D eigenvalue weighted by Gasteiger charge is -2.15. The fraction of sp³-hybridized carbons (Fsp3) is 0.429. The number of hydrogen-bond acceptors (Lipinski definition) is 7. The van der Waals surface area contributed by atoms with Crippen LogP contribution in [0.15, 0.2) is 17.8 Å². The largest absolute Gasteiger partial charge is 0.480 e. The molecule has 1 unspecified atom stereocenters. The summed E-state index contributed by atoms with van der Waals surface area (Å²) in [6.07, 6.45) is 3.72. The lowest BCUT2D eigenvalue weighted by Crippen LogP contribution is -2.31. The van der Waals surface area contributed by atoms with E-state index in [0.717, 1.165) is 11.4 Å². The quantitative estimate of drug-likeness (QED) is 0.850. The van der Waals surface area contributed by atoms with Crippen LogP contribution in [0.4, 0.5) is 0 Å². The standard InChI is InChI=1S/C14H16N4O3S/c1-9-16-11(8-22-9)14(19)18-4-3-10(7-18)21-13-6-15-5-12(17-13)20-2/h5-6,8,10H,3-4,7H2,1-2H3. The van der Waals surface area contributed by atoms with Crippen molar-refractivity contribution < 1.29 is 14.3 Å². The predicted molar refractivity (Wildman–Crippen MR) is 80.4 cm³/mol. The second-order valence-corrected chi connectivity index (χ2v) is 5.99. The number of aromatic nitrogens is 3. The van der Waals surface area contributed by atoms with Gasteiger partial charge in [-0.2, -0.15) is 4.98 Å². The van der Waals surface area contributed by atoms with Crippen LogP contribution in [0.1, 0.15) is 21.9 Å². The minimum absolute atomic E-state index is 0.0489. The molecule has 0 N–H and O–H groups in total. The van der Waals surface area contributed by atoms with Crippen LogP contribution < -0.4 is 9.47 Å². The Balaban J connectivity index is 1.61. The first-order chi connectivity index (χ1) is 10.7. The molecule has 116 valence electrons. The molecule has 0 bridgehead atoms. The Morgan fingerprint density at radius 3 is 2.91 bits per heavy atom. The van der Waals surface area contributed by atoms with E-state index >= 15 is 0 Å². The van der Waals surface area contributed by atoms with Crippen molar-refractivity contribution in [3.8, 4) is 11.8 Å². The molecule has 1 atom stereocenters. The van der Waals surface area contributed by atoms with Gasteiger partial charge in [0, 0.05) is 18.3 Å². The fourth-order valence-electron chi connectivity index (χ4n) is 2.29. The summed E-state index contributed by atoms with van der Waals surface area (Å²) in [5.41, 5.74) is 0.504. The molecule has 0 saturated carbocycles. The molecule has 1 saturated heterocycles. The molecule has 22 heavy (non-hydrogen) atoms. The second-order valence-electron chi connectivity index (χ2n) is 4.93. The van der Waals surface area contributed by atoms with E-state index in [1.807, 2.05) is 6.92 Å². The number of amides is 1. The van der Waals surface area contributed by atoms with E-state index in [0.29, 0.717) is 30.5 Å². The van der Waals surface area contributed by atoms with Crippen molar-refractivity contribution >= 4 is 17.2 Å². The van der Waals surface area contributed by atoms with Crippen molar-refractivity contribution in [1.29, 1.82) is 0 Å². The molecule has 1 amide bonds. The van der Waals surface area contributed by atoms with E-state index in [1.54, 1.807) is 10.3 Å². The Morgan fingerprint density at radius 2 is 2.18 bits per heavy atom. The van der Waals surface area contributed by atoms with Gasteiger partial charge in [0.2, 0.25) is 11.8 Å². The van der Waals surface area contributed by atoms with Crippen molar-refractivity contribution in [2.24, 2.45) is 0 Å². The summed E-state index contributed by atoms with van der Waals surface area (Å²) >= 11 is 1.48. The molecule has 1 fully saturated rings. The zero-order chi connectivity index (χ0) is 15.5. The smallest absolute Gasteiger partial charge is 0.273 e. The van der Waals surface area contributed by atoms with Crippen LogP contribution in [0.2, 0.25) is 0 Å². The van der Waals surface area contributed by atoms with Crippen LogP contribution in [0.3, 0.4) is 0 Å². The summed E-state index contributed by atoms with van der Waals surface area (Å²) in [7, 11) is 1.53. The lowest BCUT2D eigenvalue weighted by molar-refractivity contribution is 0.0765. The zero-order valence-electron chi connectivity index (χ0n) is 12.4. The third-order valence-electron chi connectivity index (χ3n) is 3.36. The average molecular weight is 320 g/mol. The SMILES string of the molecule is COc1cncc(OC2CCN(C(=O)c3csc(C)n3)C2)n1. The van der Waals surface area contributed by atoms with Gasteiger partial charge in [-0.25, -0.2) is 4.98 Å². The molecule has 3 rings (SSSR count). The third-order valence-corrected chi connectivity index (χ3v) is 4.13. The number of nitrogens with zero attached hydrogens (tertiary/aromatic N) is 4. The highest BCUT2D eigenvalue weighted by Crippen LogP contribution is 2.20. The van der Waals surface area contributed by atoms with E-state index in [9.17, 15) is 4.79 Å². The average Bonchev–Trinajstić information content (AvgIpc) is 3.16. The number of methoxy groups -OCH3 is 1. The monoisotopic (exact) mass is 320 g/mol. The number of ether oxygens (including phenoxy) is 2. The molecular formula is C14H16N4O3S. The van der Waals surface area contributed by atoms with Crippen LogP contribution >= 0.6 is 11.3 Å².